The standard InChI is InChI=1S/C11H19ClN2O/c1-5-7(2)10(15)6-9-11(12)8(3)13-14(9)4/h7,10,15H,5-6H2,1-4H3. The van der Waals surface area contributed by atoms with Gasteiger partial charge in [0.1, 0.15) is 0 Å². The topological polar surface area (TPSA) is 38.1 Å². The van der Waals surface area contributed by atoms with Gasteiger partial charge in [-0.15, -0.1) is 0 Å². The molecule has 0 saturated heterocycles. The maximum atomic E-state index is 9.93. The number of hydrogen-bond acceptors (Lipinski definition) is 2. The van der Waals surface area contributed by atoms with Crippen LogP contribution in [0.15, 0.2) is 0 Å². The first-order chi connectivity index (χ1) is 6.97. The molecule has 0 aromatic carbocycles. The summed E-state index contributed by atoms with van der Waals surface area (Å²) in [5.74, 6) is 0.288. The summed E-state index contributed by atoms with van der Waals surface area (Å²) in [4.78, 5) is 0. The molecule has 0 fully saturated rings. The zero-order valence-corrected chi connectivity index (χ0v) is 10.5. The van der Waals surface area contributed by atoms with Crippen molar-refractivity contribution in [2.75, 3.05) is 0 Å². The Morgan fingerprint density at radius 1 is 1.53 bits per heavy atom. The molecule has 1 N–H and O–H groups in total. The van der Waals surface area contributed by atoms with E-state index >= 15 is 0 Å². The minimum atomic E-state index is -0.345. The number of aryl methyl sites for hydroxylation is 2. The van der Waals surface area contributed by atoms with Gasteiger partial charge in [-0.25, -0.2) is 0 Å². The summed E-state index contributed by atoms with van der Waals surface area (Å²) in [6, 6.07) is 0. The number of aliphatic hydroxyl groups is 1. The summed E-state index contributed by atoms with van der Waals surface area (Å²) in [7, 11) is 1.86. The molecule has 0 spiro atoms. The van der Waals surface area contributed by atoms with Crippen molar-refractivity contribution in [3.05, 3.63) is 16.4 Å². The van der Waals surface area contributed by atoms with Crippen LogP contribution in [0.3, 0.4) is 0 Å². The molecule has 0 aliphatic carbocycles. The van der Waals surface area contributed by atoms with Crippen LogP contribution in [0.25, 0.3) is 0 Å². The van der Waals surface area contributed by atoms with Crippen LogP contribution >= 0.6 is 11.6 Å². The second kappa shape index (κ2) is 4.99. The van der Waals surface area contributed by atoms with Crippen molar-refractivity contribution in [3.63, 3.8) is 0 Å². The van der Waals surface area contributed by atoms with Crippen LogP contribution in [0.4, 0.5) is 0 Å². The van der Waals surface area contributed by atoms with Gasteiger partial charge in [-0.05, 0) is 12.8 Å². The molecule has 15 heavy (non-hydrogen) atoms. The monoisotopic (exact) mass is 230 g/mol. The Labute approximate surface area is 96.1 Å². The SMILES string of the molecule is CCC(C)C(O)Cc1c(Cl)c(C)nn1C. The van der Waals surface area contributed by atoms with Gasteiger partial charge >= 0.3 is 0 Å². The van der Waals surface area contributed by atoms with Crippen LogP contribution in [0.2, 0.25) is 5.02 Å². The van der Waals surface area contributed by atoms with E-state index in [1.807, 2.05) is 20.9 Å². The van der Waals surface area contributed by atoms with E-state index in [2.05, 4.69) is 12.0 Å². The predicted octanol–water partition coefficient (Wildman–Crippen LogP) is 2.33. The van der Waals surface area contributed by atoms with Crippen molar-refractivity contribution in [2.24, 2.45) is 13.0 Å². The highest BCUT2D eigenvalue weighted by atomic mass is 35.5. The Bertz CT molecular complexity index is 336. The Balaban J connectivity index is 2.80. The Hall–Kier alpha value is -0.540. The average Bonchev–Trinajstić information content (AvgIpc) is 2.43. The minimum Gasteiger partial charge on any atom is -0.392 e. The van der Waals surface area contributed by atoms with Crippen LogP contribution in [-0.4, -0.2) is 21.0 Å². The van der Waals surface area contributed by atoms with Gasteiger partial charge in [0.25, 0.3) is 0 Å². The summed E-state index contributed by atoms with van der Waals surface area (Å²) in [6.45, 7) is 5.99. The first-order valence-electron chi connectivity index (χ1n) is 5.33. The summed E-state index contributed by atoms with van der Waals surface area (Å²) in [5.41, 5.74) is 1.74. The average molecular weight is 231 g/mol. The molecule has 0 bridgehead atoms. The summed E-state index contributed by atoms with van der Waals surface area (Å²) in [5, 5.41) is 14.8. The quantitative estimate of drug-likeness (QED) is 0.862. The number of nitrogens with zero attached hydrogens (tertiary/aromatic N) is 2. The van der Waals surface area contributed by atoms with E-state index in [9.17, 15) is 5.11 Å². The lowest BCUT2D eigenvalue weighted by atomic mass is 9.98. The van der Waals surface area contributed by atoms with Gasteiger partial charge in [0.2, 0.25) is 0 Å². The first kappa shape index (κ1) is 12.5. The summed E-state index contributed by atoms with van der Waals surface area (Å²) in [6.07, 6.45) is 1.20. The molecule has 3 nitrogen and oxygen atoms in total. The van der Waals surface area contributed by atoms with Crippen molar-refractivity contribution in [1.29, 1.82) is 0 Å². The van der Waals surface area contributed by atoms with Crippen molar-refractivity contribution < 1.29 is 5.11 Å². The van der Waals surface area contributed by atoms with E-state index in [0.29, 0.717) is 11.4 Å². The summed E-state index contributed by atoms with van der Waals surface area (Å²) >= 11 is 6.11. The second-order valence-corrected chi connectivity index (χ2v) is 4.50. The van der Waals surface area contributed by atoms with Gasteiger partial charge in [-0.3, -0.25) is 4.68 Å². The molecule has 1 rings (SSSR count). The van der Waals surface area contributed by atoms with E-state index in [1.165, 1.54) is 0 Å². The lowest BCUT2D eigenvalue weighted by Crippen LogP contribution is -2.21. The van der Waals surface area contributed by atoms with Gasteiger partial charge in [0.05, 0.1) is 22.5 Å². The lowest BCUT2D eigenvalue weighted by molar-refractivity contribution is 0.113. The minimum absolute atomic E-state index is 0.288. The summed E-state index contributed by atoms with van der Waals surface area (Å²) < 4.78 is 1.75. The van der Waals surface area contributed by atoms with Gasteiger partial charge < -0.3 is 5.11 Å². The predicted molar refractivity (Wildman–Crippen MR) is 62.1 cm³/mol. The molecule has 4 heteroatoms. The molecular weight excluding hydrogens is 212 g/mol. The van der Waals surface area contributed by atoms with Crippen LogP contribution in [-0.2, 0) is 13.5 Å². The van der Waals surface area contributed by atoms with Crippen LogP contribution in [0, 0.1) is 12.8 Å². The Morgan fingerprint density at radius 2 is 2.13 bits per heavy atom. The molecule has 1 aromatic heterocycles. The highest BCUT2D eigenvalue weighted by molar-refractivity contribution is 6.31. The maximum Gasteiger partial charge on any atom is 0.0847 e. The van der Waals surface area contributed by atoms with Crippen molar-refractivity contribution in [2.45, 2.75) is 39.7 Å². The van der Waals surface area contributed by atoms with Gasteiger partial charge in [-0.2, -0.15) is 5.10 Å². The van der Waals surface area contributed by atoms with E-state index in [4.69, 9.17) is 11.6 Å². The van der Waals surface area contributed by atoms with Crippen LogP contribution in [0.5, 0.6) is 0 Å². The maximum absolute atomic E-state index is 9.93. The second-order valence-electron chi connectivity index (χ2n) is 4.13. The largest absolute Gasteiger partial charge is 0.392 e. The van der Waals surface area contributed by atoms with E-state index < -0.39 is 0 Å². The third kappa shape index (κ3) is 2.73. The third-order valence-corrected chi connectivity index (χ3v) is 3.46. The van der Waals surface area contributed by atoms with Gasteiger partial charge in [-0.1, -0.05) is 31.9 Å². The molecule has 2 unspecified atom stereocenters. The Kier molecular flexibility index (Phi) is 4.17. The molecule has 0 saturated carbocycles. The van der Waals surface area contributed by atoms with Crippen molar-refractivity contribution in [1.82, 2.24) is 9.78 Å². The van der Waals surface area contributed by atoms with Crippen LogP contribution < -0.4 is 0 Å². The van der Waals surface area contributed by atoms with Gasteiger partial charge in [0.15, 0.2) is 0 Å². The van der Waals surface area contributed by atoms with Gasteiger partial charge in [0, 0.05) is 13.5 Å². The van der Waals surface area contributed by atoms with E-state index in [0.717, 1.165) is 17.8 Å². The molecule has 0 amide bonds. The zero-order chi connectivity index (χ0) is 11.6. The number of hydrogen-bond donors (Lipinski definition) is 1. The normalized spacial score (nSPS) is 15.3. The van der Waals surface area contributed by atoms with Crippen molar-refractivity contribution in [3.8, 4) is 0 Å². The Morgan fingerprint density at radius 3 is 2.53 bits per heavy atom. The number of halogens is 1. The highest BCUT2D eigenvalue weighted by Gasteiger charge is 2.18. The molecule has 86 valence electrons. The lowest BCUT2D eigenvalue weighted by Gasteiger charge is -2.17. The third-order valence-electron chi connectivity index (χ3n) is 2.96. The molecule has 2 atom stereocenters. The van der Waals surface area contributed by atoms with E-state index in [1.54, 1.807) is 4.68 Å². The fourth-order valence-corrected chi connectivity index (χ4v) is 1.81. The molecular formula is C11H19ClN2O. The fraction of sp³-hybridized carbons (Fsp3) is 0.727. The molecule has 0 radical (unpaired) electrons. The number of aliphatic hydroxyl groups excluding tert-OH is 1. The van der Waals surface area contributed by atoms with E-state index in [-0.39, 0.29) is 12.0 Å². The number of aromatic nitrogens is 2. The van der Waals surface area contributed by atoms with Crippen LogP contribution in [0.1, 0.15) is 31.7 Å². The fourth-order valence-electron chi connectivity index (χ4n) is 1.57. The zero-order valence-electron chi connectivity index (χ0n) is 9.79. The smallest absolute Gasteiger partial charge is 0.0847 e. The highest BCUT2D eigenvalue weighted by Crippen LogP contribution is 2.22. The molecule has 1 heterocycles. The first-order valence-corrected chi connectivity index (χ1v) is 5.71. The van der Waals surface area contributed by atoms with Crippen molar-refractivity contribution >= 4 is 11.6 Å². The molecule has 1 aromatic rings. The molecule has 0 aliphatic heterocycles. The molecule has 0 aliphatic rings. The number of rotatable bonds is 4.